The van der Waals surface area contributed by atoms with Crippen LogP contribution < -0.4 is 9.04 Å². The molecule has 4 rings (SSSR count). The van der Waals surface area contributed by atoms with Gasteiger partial charge in [0.1, 0.15) is 5.75 Å². The van der Waals surface area contributed by atoms with Crippen molar-refractivity contribution in [3.8, 4) is 5.75 Å². The normalized spacial score (nSPS) is 19.3. The van der Waals surface area contributed by atoms with Gasteiger partial charge in [0.15, 0.2) is 6.10 Å². The molecule has 172 valence electrons. The van der Waals surface area contributed by atoms with E-state index in [4.69, 9.17) is 21.1 Å². The second kappa shape index (κ2) is 8.45. The van der Waals surface area contributed by atoms with E-state index in [0.29, 0.717) is 32.4 Å². The summed E-state index contributed by atoms with van der Waals surface area (Å²) in [6.45, 7) is 0.974. The average Bonchev–Trinajstić information content (AvgIpc) is 2.77. The third-order valence-electron chi connectivity index (χ3n) is 5.16. The molecule has 0 aliphatic carbocycles. The molecule has 0 spiro atoms. The maximum absolute atomic E-state index is 13.4. The molecule has 0 radical (unpaired) electrons. The highest BCUT2D eigenvalue weighted by Crippen LogP contribution is 2.40. The van der Waals surface area contributed by atoms with E-state index in [0.717, 1.165) is 16.4 Å². The Labute approximate surface area is 187 Å². The highest BCUT2D eigenvalue weighted by atomic mass is 35.5. The lowest BCUT2D eigenvalue weighted by Gasteiger charge is -2.37. The number of benzene rings is 2. The van der Waals surface area contributed by atoms with E-state index in [-0.39, 0.29) is 18.0 Å². The Morgan fingerprint density at radius 2 is 1.78 bits per heavy atom. The molecular weight excluding hydrogens is 473 g/mol. The molecular formula is C20H18ClF3N2O5S. The molecule has 12 heteroatoms. The zero-order chi connectivity index (χ0) is 23.1. The van der Waals surface area contributed by atoms with E-state index in [1.165, 1.54) is 17.0 Å². The molecule has 0 saturated carbocycles. The fraction of sp³-hybridized carbons (Fsp3) is 0.350. The van der Waals surface area contributed by atoms with Gasteiger partial charge in [-0.3, -0.25) is 9.10 Å². The summed E-state index contributed by atoms with van der Waals surface area (Å²) < 4.78 is 78.6. The van der Waals surface area contributed by atoms with Crippen molar-refractivity contribution < 1.29 is 35.9 Å². The molecule has 1 saturated heterocycles. The van der Waals surface area contributed by atoms with Crippen LogP contribution in [0.5, 0.6) is 5.75 Å². The van der Waals surface area contributed by atoms with Gasteiger partial charge in [0.25, 0.3) is 15.9 Å². The van der Waals surface area contributed by atoms with E-state index < -0.39 is 43.7 Å². The Balaban J connectivity index is 1.73. The van der Waals surface area contributed by atoms with Gasteiger partial charge in [-0.2, -0.15) is 13.2 Å². The minimum absolute atomic E-state index is 0.127. The first-order chi connectivity index (χ1) is 15.1. The second-order valence-corrected chi connectivity index (χ2v) is 9.46. The number of hydrogen-bond donors (Lipinski definition) is 0. The van der Waals surface area contributed by atoms with Crippen molar-refractivity contribution in [2.24, 2.45) is 0 Å². The van der Waals surface area contributed by atoms with Crippen LogP contribution in [0.4, 0.5) is 18.9 Å². The van der Waals surface area contributed by atoms with E-state index in [1.54, 1.807) is 12.1 Å². The predicted octanol–water partition coefficient (Wildman–Crippen LogP) is 3.17. The SMILES string of the molecule is O=C([C@@H]1CN(S(=O)(=O)c2ccc(Cl)c(C(F)(F)F)c2)c2ccccc2O1)N1CCOCC1. The van der Waals surface area contributed by atoms with E-state index in [1.807, 2.05) is 0 Å². The molecule has 32 heavy (non-hydrogen) atoms. The number of ether oxygens (including phenoxy) is 2. The van der Waals surface area contributed by atoms with E-state index in [2.05, 4.69) is 0 Å². The van der Waals surface area contributed by atoms with Crippen molar-refractivity contribution in [3.63, 3.8) is 0 Å². The molecule has 2 aromatic carbocycles. The third-order valence-corrected chi connectivity index (χ3v) is 7.27. The number of para-hydroxylation sites is 2. The number of halogens is 4. The van der Waals surface area contributed by atoms with Crippen molar-refractivity contribution in [2.45, 2.75) is 17.2 Å². The molecule has 1 amide bonds. The van der Waals surface area contributed by atoms with Crippen LogP contribution in [-0.2, 0) is 25.7 Å². The summed E-state index contributed by atoms with van der Waals surface area (Å²) in [4.78, 5) is 13.9. The lowest BCUT2D eigenvalue weighted by Crippen LogP contribution is -2.54. The monoisotopic (exact) mass is 490 g/mol. The van der Waals surface area contributed by atoms with Crippen LogP contribution in [-0.4, -0.2) is 58.2 Å². The van der Waals surface area contributed by atoms with E-state index in [9.17, 15) is 26.4 Å². The zero-order valence-corrected chi connectivity index (χ0v) is 18.1. The summed E-state index contributed by atoms with van der Waals surface area (Å²) in [5, 5.41) is -0.612. The van der Waals surface area contributed by atoms with Gasteiger partial charge in [-0.05, 0) is 30.3 Å². The number of hydrogen-bond acceptors (Lipinski definition) is 5. The number of fused-ring (bicyclic) bond motifs is 1. The van der Waals surface area contributed by atoms with Gasteiger partial charge in [0.2, 0.25) is 0 Å². The van der Waals surface area contributed by atoms with Gasteiger partial charge in [0, 0.05) is 13.1 Å². The third kappa shape index (κ3) is 4.24. The second-order valence-electron chi connectivity index (χ2n) is 7.19. The Morgan fingerprint density at radius 1 is 1.09 bits per heavy atom. The number of anilines is 1. The first-order valence-corrected chi connectivity index (χ1v) is 11.4. The Bertz CT molecular complexity index is 1140. The summed E-state index contributed by atoms with van der Waals surface area (Å²) in [7, 11) is -4.47. The lowest BCUT2D eigenvalue weighted by atomic mass is 10.2. The first kappa shape index (κ1) is 22.7. The number of carbonyl (C=O) groups is 1. The summed E-state index contributed by atoms with van der Waals surface area (Å²) in [5.41, 5.74) is -1.13. The maximum atomic E-state index is 13.4. The smallest absolute Gasteiger partial charge is 0.417 e. The number of rotatable bonds is 3. The van der Waals surface area contributed by atoms with E-state index >= 15 is 0 Å². The molecule has 0 N–H and O–H groups in total. The Kier molecular flexibility index (Phi) is 5.99. The fourth-order valence-electron chi connectivity index (χ4n) is 3.56. The fourth-order valence-corrected chi connectivity index (χ4v) is 5.28. The van der Waals surface area contributed by atoms with Crippen LogP contribution in [0, 0.1) is 0 Å². The largest absolute Gasteiger partial charge is 0.476 e. The predicted molar refractivity (Wildman–Crippen MR) is 109 cm³/mol. The van der Waals surface area contributed by atoms with Crippen LogP contribution >= 0.6 is 11.6 Å². The summed E-state index contributed by atoms with van der Waals surface area (Å²) in [6.07, 6.45) is -5.99. The Hall–Kier alpha value is -2.50. The topological polar surface area (TPSA) is 76.2 Å². The van der Waals surface area contributed by atoms with Crippen LogP contribution in [0.25, 0.3) is 0 Å². The van der Waals surface area contributed by atoms with Gasteiger partial charge in [0.05, 0.1) is 40.9 Å². The molecule has 1 atom stereocenters. The van der Waals surface area contributed by atoms with Crippen molar-refractivity contribution >= 4 is 33.2 Å². The number of sulfonamides is 1. The molecule has 2 heterocycles. The zero-order valence-electron chi connectivity index (χ0n) is 16.5. The summed E-state index contributed by atoms with van der Waals surface area (Å²) >= 11 is 5.64. The van der Waals surface area contributed by atoms with Crippen molar-refractivity contribution in [2.75, 3.05) is 37.2 Å². The number of morpholine rings is 1. The van der Waals surface area contributed by atoms with Crippen LogP contribution in [0.1, 0.15) is 5.56 Å². The average molecular weight is 491 g/mol. The Morgan fingerprint density at radius 3 is 2.47 bits per heavy atom. The number of amides is 1. The summed E-state index contributed by atoms with van der Waals surface area (Å²) in [5.74, 6) is -0.283. The summed E-state index contributed by atoms with van der Waals surface area (Å²) in [6, 6.07) is 8.52. The number of alkyl halides is 3. The van der Waals surface area contributed by atoms with Crippen LogP contribution in [0.15, 0.2) is 47.4 Å². The molecule has 2 aliphatic rings. The highest BCUT2D eigenvalue weighted by Gasteiger charge is 2.41. The molecule has 0 bridgehead atoms. The van der Waals surface area contributed by atoms with Gasteiger partial charge in [-0.15, -0.1) is 0 Å². The molecule has 2 aliphatic heterocycles. The van der Waals surface area contributed by atoms with Crippen molar-refractivity contribution in [1.29, 1.82) is 0 Å². The number of carbonyl (C=O) groups excluding carboxylic acids is 1. The van der Waals surface area contributed by atoms with Crippen molar-refractivity contribution in [3.05, 3.63) is 53.1 Å². The minimum Gasteiger partial charge on any atom is -0.476 e. The first-order valence-electron chi connectivity index (χ1n) is 9.61. The number of nitrogens with zero attached hydrogens (tertiary/aromatic N) is 2. The molecule has 1 fully saturated rings. The standard InChI is InChI=1S/C20H18ClF3N2O5S/c21-15-6-5-13(11-14(15)20(22,23)24)32(28,29)26-12-18(19(27)25-7-9-30-10-8-25)31-17-4-2-1-3-16(17)26/h1-6,11,18H,7-10,12H2/t18-/m0/s1. The van der Waals surface area contributed by atoms with Gasteiger partial charge in [-0.1, -0.05) is 23.7 Å². The van der Waals surface area contributed by atoms with Gasteiger partial charge >= 0.3 is 6.18 Å². The molecule has 0 aromatic heterocycles. The van der Waals surface area contributed by atoms with Crippen LogP contribution in [0.3, 0.4) is 0 Å². The van der Waals surface area contributed by atoms with Gasteiger partial charge < -0.3 is 14.4 Å². The van der Waals surface area contributed by atoms with Crippen LogP contribution in [0.2, 0.25) is 5.02 Å². The maximum Gasteiger partial charge on any atom is 0.417 e. The van der Waals surface area contributed by atoms with Crippen molar-refractivity contribution in [1.82, 2.24) is 4.90 Å². The lowest BCUT2D eigenvalue weighted by molar-refractivity contribution is -0.142. The molecule has 7 nitrogen and oxygen atoms in total. The molecule has 0 unspecified atom stereocenters. The minimum atomic E-state index is -4.83. The highest BCUT2D eigenvalue weighted by molar-refractivity contribution is 7.92. The molecule has 2 aromatic rings. The quantitative estimate of drug-likeness (QED) is 0.660. The van der Waals surface area contributed by atoms with Gasteiger partial charge in [-0.25, -0.2) is 8.42 Å².